The van der Waals surface area contributed by atoms with Gasteiger partial charge in [0.2, 0.25) is 0 Å². The van der Waals surface area contributed by atoms with Crippen LogP contribution in [0.3, 0.4) is 0 Å². The topological polar surface area (TPSA) is 78.9 Å². The second-order valence-corrected chi connectivity index (χ2v) is 4.77. The fraction of sp³-hybridized carbons (Fsp3) is 0.467. The fourth-order valence-corrected chi connectivity index (χ4v) is 1.96. The molecule has 0 saturated heterocycles. The first-order chi connectivity index (χ1) is 9.90. The zero-order valence-electron chi connectivity index (χ0n) is 12.9. The number of aromatic carboxylic acids is 1. The molecule has 0 spiro atoms. The highest BCUT2D eigenvalue weighted by Crippen LogP contribution is 2.20. The molecule has 116 valence electrons. The summed E-state index contributed by atoms with van der Waals surface area (Å²) in [6.07, 6.45) is 0. The van der Waals surface area contributed by atoms with E-state index in [1.54, 1.807) is 25.0 Å². The average Bonchev–Trinajstić information content (AvgIpc) is 2.43. The Balaban J connectivity index is 2.92. The first-order valence-corrected chi connectivity index (χ1v) is 6.80. The van der Waals surface area contributed by atoms with Gasteiger partial charge in [-0.3, -0.25) is 0 Å². The van der Waals surface area contributed by atoms with Gasteiger partial charge in [0.25, 0.3) is 0 Å². The van der Waals surface area contributed by atoms with Crippen LogP contribution in [0.15, 0.2) is 12.1 Å². The van der Waals surface area contributed by atoms with Gasteiger partial charge in [-0.25, -0.2) is 9.59 Å². The second kappa shape index (κ2) is 7.64. The molecular formula is C15H22N2O4. The highest BCUT2D eigenvalue weighted by Gasteiger charge is 2.15. The second-order valence-electron chi connectivity index (χ2n) is 4.77. The van der Waals surface area contributed by atoms with Crippen molar-refractivity contribution in [3.05, 3.63) is 28.8 Å². The van der Waals surface area contributed by atoms with Gasteiger partial charge < -0.3 is 20.1 Å². The molecule has 21 heavy (non-hydrogen) atoms. The number of ether oxygens (including phenoxy) is 1. The van der Waals surface area contributed by atoms with Crippen LogP contribution in [0.5, 0.6) is 0 Å². The average molecular weight is 294 g/mol. The number of anilines is 1. The number of rotatable bonds is 6. The van der Waals surface area contributed by atoms with Crippen molar-refractivity contribution in [2.75, 3.05) is 32.1 Å². The Hall–Kier alpha value is -2.08. The predicted octanol–water partition coefficient (Wildman–Crippen LogP) is 2.50. The molecule has 0 saturated carbocycles. The highest BCUT2D eigenvalue weighted by molar-refractivity contribution is 5.94. The SMILES string of the molecule is CCN(CCOC)C(=O)Nc1cc(C)c(C)c(C(=O)O)c1. The van der Waals surface area contributed by atoms with Crippen LogP contribution >= 0.6 is 0 Å². The molecular weight excluding hydrogens is 272 g/mol. The van der Waals surface area contributed by atoms with Crippen LogP contribution in [-0.2, 0) is 4.74 Å². The molecule has 0 aromatic heterocycles. The summed E-state index contributed by atoms with van der Waals surface area (Å²) in [7, 11) is 1.58. The molecule has 0 aliphatic heterocycles. The summed E-state index contributed by atoms with van der Waals surface area (Å²) >= 11 is 0. The van der Waals surface area contributed by atoms with Gasteiger partial charge in [-0.2, -0.15) is 0 Å². The van der Waals surface area contributed by atoms with Gasteiger partial charge >= 0.3 is 12.0 Å². The number of carbonyl (C=O) groups excluding carboxylic acids is 1. The molecule has 6 nitrogen and oxygen atoms in total. The summed E-state index contributed by atoms with van der Waals surface area (Å²) < 4.78 is 4.96. The van der Waals surface area contributed by atoms with Crippen LogP contribution in [0.25, 0.3) is 0 Å². The van der Waals surface area contributed by atoms with Gasteiger partial charge in [0.15, 0.2) is 0 Å². The lowest BCUT2D eigenvalue weighted by atomic mass is 10.0. The molecule has 0 atom stereocenters. The largest absolute Gasteiger partial charge is 0.478 e. The molecule has 0 heterocycles. The molecule has 1 aromatic carbocycles. The lowest BCUT2D eigenvalue weighted by molar-refractivity contribution is 0.0696. The van der Waals surface area contributed by atoms with E-state index < -0.39 is 5.97 Å². The summed E-state index contributed by atoms with van der Waals surface area (Å²) in [5.41, 5.74) is 2.21. The Morgan fingerprint density at radius 2 is 2.00 bits per heavy atom. The van der Waals surface area contributed by atoms with E-state index in [9.17, 15) is 14.7 Å². The van der Waals surface area contributed by atoms with Crippen molar-refractivity contribution in [1.82, 2.24) is 4.90 Å². The Labute approximate surface area is 124 Å². The smallest absolute Gasteiger partial charge is 0.336 e. The molecule has 0 aliphatic carbocycles. The van der Waals surface area contributed by atoms with Gasteiger partial charge in [0.05, 0.1) is 12.2 Å². The predicted molar refractivity (Wildman–Crippen MR) is 81.0 cm³/mol. The van der Waals surface area contributed by atoms with Crippen molar-refractivity contribution in [2.45, 2.75) is 20.8 Å². The van der Waals surface area contributed by atoms with Crippen LogP contribution in [0.2, 0.25) is 0 Å². The van der Waals surface area contributed by atoms with Gasteiger partial charge in [0.1, 0.15) is 0 Å². The summed E-state index contributed by atoms with van der Waals surface area (Å²) in [4.78, 5) is 24.9. The Morgan fingerprint density at radius 3 is 2.52 bits per heavy atom. The van der Waals surface area contributed by atoms with Gasteiger partial charge in [-0.1, -0.05) is 0 Å². The maximum Gasteiger partial charge on any atom is 0.336 e. The highest BCUT2D eigenvalue weighted by atomic mass is 16.5. The Kier molecular flexibility index (Phi) is 6.17. The maximum atomic E-state index is 12.1. The zero-order chi connectivity index (χ0) is 16.0. The van der Waals surface area contributed by atoms with E-state index in [4.69, 9.17) is 4.74 Å². The lowest BCUT2D eigenvalue weighted by Gasteiger charge is -2.21. The fourth-order valence-electron chi connectivity index (χ4n) is 1.96. The number of carbonyl (C=O) groups is 2. The molecule has 1 aromatic rings. The van der Waals surface area contributed by atoms with Crippen LogP contribution < -0.4 is 5.32 Å². The van der Waals surface area contributed by atoms with Crippen molar-refractivity contribution in [3.63, 3.8) is 0 Å². The minimum atomic E-state index is -1.00. The number of aryl methyl sites for hydroxylation is 1. The van der Waals surface area contributed by atoms with Crippen LogP contribution in [0, 0.1) is 13.8 Å². The minimum absolute atomic E-state index is 0.199. The Bertz CT molecular complexity index is 529. The molecule has 6 heteroatoms. The third-order valence-corrected chi connectivity index (χ3v) is 3.38. The standard InChI is InChI=1S/C15H22N2O4/c1-5-17(6-7-21-4)15(20)16-12-8-10(2)11(3)13(9-12)14(18)19/h8-9H,5-7H2,1-4H3,(H,16,20)(H,18,19). The molecule has 2 N–H and O–H groups in total. The zero-order valence-corrected chi connectivity index (χ0v) is 12.9. The number of likely N-dealkylation sites (N-methyl/N-ethyl adjacent to an activating group) is 1. The molecule has 0 bridgehead atoms. The molecule has 1 rings (SSSR count). The van der Waals surface area contributed by atoms with Crippen LogP contribution in [-0.4, -0.2) is 48.8 Å². The van der Waals surface area contributed by atoms with Crippen molar-refractivity contribution >= 4 is 17.7 Å². The number of nitrogens with zero attached hydrogens (tertiary/aromatic N) is 1. The van der Waals surface area contributed by atoms with E-state index >= 15 is 0 Å². The number of nitrogens with one attached hydrogen (secondary N) is 1. The lowest BCUT2D eigenvalue weighted by Crippen LogP contribution is -2.37. The number of hydrogen-bond donors (Lipinski definition) is 2. The normalized spacial score (nSPS) is 10.3. The molecule has 0 fully saturated rings. The van der Waals surface area contributed by atoms with E-state index in [1.165, 1.54) is 6.07 Å². The number of carboxylic acid groups (broad SMARTS) is 1. The summed E-state index contributed by atoms with van der Waals surface area (Å²) in [6.45, 7) is 6.93. The molecule has 0 unspecified atom stereocenters. The van der Waals surface area contributed by atoms with Gasteiger partial charge in [0, 0.05) is 25.9 Å². The van der Waals surface area contributed by atoms with Crippen molar-refractivity contribution in [1.29, 1.82) is 0 Å². The quantitative estimate of drug-likeness (QED) is 0.845. The number of methoxy groups -OCH3 is 1. The molecule has 2 amide bonds. The monoisotopic (exact) mass is 294 g/mol. The van der Waals surface area contributed by atoms with E-state index in [0.717, 1.165) is 5.56 Å². The number of carboxylic acids is 1. The van der Waals surface area contributed by atoms with Crippen LogP contribution in [0.4, 0.5) is 10.5 Å². The first kappa shape index (κ1) is 17.0. The Morgan fingerprint density at radius 1 is 1.33 bits per heavy atom. The van der Waals surface area contributed by atoms with Crippen molar-refractivity contribution in [3.8, 4) is 0 Å². The third kappa shape index (κ3) is 4.46. The number of amides is 2. The minimum Gasteiger partial charge on any atom is -0.478 e. The molecule has 0 aliphatic rings. The number of urea groups is 1. The maximum absolute atomic E-state index is 12.1. The van der Waals surface area contributed by atoms with E-state index in [1.807, 2.05) is 13.8 Å². The number of benzene rings is 1. The third-order valence-electron chi connectivity index (χ3n) is 3.38. The van der Waals surface area contributed by atoms with Gasteiger partial charge in [-0.05, 0) is 44.0 Å². The van der Waals surface area contributed by atoms with Crippen molar-refractivity contribution < 1.29 is 19.4 Å². The summed E-state index contributed by atoms with van der Waals surface area (Å²) in [6, 6.07) is 2.98. The molecule has 0 radical (unpaired) electrons. The first-order valence-electron chi connectivity index (χ1n) is 6.80. The van der Waals surface area contributed by atoms with Crippen molar-refractivity contribution in [2.24, 2.45) is 0 Å². The van der Waals surface area contributed by atoms with Crippen LogP contribution in [0.1, 0.15) is 28.4 Å². The summed E-state index contributed by atoms with van der Waals surface area (Å²) in [5, 5.41) is 11.9. The van der Waals surface area contributed by atoms with Gasteiger partial charge in [-0.15, -0.1) is 0 Å². The van der Waals surface area contributed by atoms with E-state index in [0.29, 0.717) is 30.9 Å². The summed E-state index contributed by atoms with van der Waals surface area (Å²) in [5.74, 6) is -1.00. The van der Waals surface area contributed by atoms with E-state index in [2.05, 4.69) is 5.32 Å². The van der Waals surface area contributed by atoms with E-state index in [-0.39, 0.29) is 11.6 Å². The number of hydrogen-bond acceptors (Lipinski definition) is 3.